The van der Waals surface area contributed by atoms with E-state index in [0.717, 1.165) is 17.0 Å². The molecule has 22 heavy (non-hydrogen) atoms. The fourth-order valence-corrected chi connectivity index (χ4v) is 2.79. The molecule has 1 aromatic heterocycles. The van der Waals surface area contributed by atoms with Crippen LogP contribution in [0, 0.1) is 0 Å². The highest BCUT2D eigenvalue weighted by Gasteiger charge is 2.30. The summed E-state index contributed by atoms with van der Waals surface area (Å²) in [5.41, 5.74) is 4.24. The SMILES string of the molecule is O=C(CCc1ccc(Cl)s1)NNc1cccc(C(F)(F)F)c1. The zero-order chi connectivity index (χ0) is 16.2. The molecule has 0 fully saturated rings. The fraction of sp³-hybridized carbons (Fsp3) is 0.214. The van der Waals surface area contributed by atoms with E-state index in [1.54, 1.807) is 6.07 Å². The number of alkyl halides is 3. The lowest BCUT2D eigenvalue weighted by atomic mass is 10.2. The van der Waals surface area contributed by atoms with Crippen LogP contribution in [0.1, 0.15) is 16.9 Å². The van der Waals surface area contributed by atoms with Crippen molar-refractivity contribution in [1.82, 2.24) is 5.43 Å². The van der Waals surface area contributed by atoms with Gasteiger partial charge in [0.1, 0.15) is 0 Å². The predicted octanol–water partition coefficient (Wildman–Crippen LogP) is 4.50. The number of carbonyl (C=O) groups excluding carboxylic acids is 1. The Morgan fingerprint density at radius 2 is 2.00 bits per heavy atom. The van der Waals surface area contributed by atoms with Crippen LogP contribution in [-0.2, 0) is 17.4 Å². The number of hydrazine groups is 1. The number of hydrogen-bond acceptors (Lipinski definition) is 3. The van der Waals surface area contributed by atoms with Crippen molar-refractivity contribution in [3.05, 3.63) is 51.2 Å². The zero-order valence-electron chi connectivity index (χ0n) is 11.2. The Morgan fingerprint density at radius 1 is 1.23 bits per heavy atom. The minimum absolute atomic E-state index is 0.169. The zero-order valence-corrected chi connectivity index (χ0v) is 12.8. The monoisotopic (exact) mass is 348 g/mol. The summed E-state index contributed by atoms with van der Waals surface area (Å²) in [6.07, 6.45) is -3.68. The number of hydrogen-bond donors (Lipinski definition) is 2. The molecule has 2 aromatic rings. The van der Waals surface area contributed by atoms with Gasteiger partial charge in [-0.3, -0.25) is 15.6 Å². The largest absolute Gasteiger partial charge is 0.416 e. The number of benzene rings is 1. The highest BCUT2D eigenvalue weighted by molar-refractivity contribution is 7.16. The van der Waals surface area contributed by atoms with Crippen molar-refractivity contribution in [2.75, 3.05) is 5.43 Å². The summed E-state index contributed by atoms with van der Waals surface area (Å²) in [7, 11) is 0. The number of anilines is 1. The van der Waals surface area contributed by atoms with Crippen LogP contribution in [0.25, 0.3) is 0 Å². The number of carbonyl (C=O) groups is 1. The Kier molecular flexibility index (Phi) is 5.31. The lowest BCUT2D eigenvalue weighted by molar-refractivity contribution is -0.137. The molecule has 8 heteroatoms. The molecular formula is C14H12ClF3N2OS. The molecule has 1 aromatic carbocycles. The standard InChI is InChI=1S/C14H12ClF3N2OS/c15-12-6-4-11(22-12)5-7-13(21)20-19-10-3-1-2-9(8-10)14(16,17)18/h1-4,6,8,19H,5,7H2,(H,20,21). The second kappa shape index (κ2) is 7.02. The molecule has 0 aliphatic carbocycles. The molecule has 2 rings (SSSR count). The Labute approximate surface area is 134 Å². The molecule has 0 aliphatic rings. The number of nitrogens with one attached hydrogen (secondary N) is 2. The third kappa shape index (κ3) is 4.92. The van der Waals surface area contributed by atoms with Gasteiger partial charge in [-0.2, -0.15) is 13.2 Å². The molecular weight excluding hydrogens is 337 g/mol. The highest BCUT2D eigenvalue weighted by atomic mass is 35.5. The summed E-state index contributed by atoms with van der Waals surface area (Å²) in [4.78, 5) is 12.6. The van der Waals surface area contributed by atoms with Gasteiger partial charge in [0.05, 0.1) is 15.6 Å². The molecule has 1 heterocycles. The van der Waals surface area contributed by atoms with E-state index >= 15 is 0 Å². The minimum atomic E-state index is -4.42. The molecule has 1 amide bonds. The first kappa shape index (κ1) is 16.6. The quantitative estimate of drug-likeness (QED) is 0.781. The minimum Gasteiger partial charge on any atom is -0.299 e. The van der Waals surface area contributed by atoms with Crippen molar-refractivity contribution in [2.45, 2.75) is 19.0 Å². The molecule has 0 atom stereocenters. The van der Waals surface area contributed by atoms with E-state index in [9.17, 15) is 18.0 Å². The molecule has 118 valence electrons. The van der Waals surface area contributed by atoms with E-state index < -0.39 is 11.7 Å². The van der Waals surface area contributed by atoms with Crippen LogP contribution in [0.2, 0.25) is 4.34 Å². The summed E-state index contributed by atoms with van der Waals surface area (Å²) < 4.78 is 38.3. The molecule has 3 nitrogen and oxygen atoms in total. The van der Waals surface area contributed by atoms with Crippen molar-refractivity contribution >= 4 is 34.5 Å². The summed E-state index contributed by atoms with van der Waals surface area (Å²) in [6, 6.07) is 8.19. The molecule has 2 N–H and O–H groups in total. The summed E-state index contributed by atoms with van der Waals surface area (Å²) in [5.74, 6) is -0.318. The van der Waals surface area contributed by atoms with Crippen molar-refractivity contribution < 1.29 is 18.0 Å². The average Bonchev–Trinajstić information content (AvgIpc) is 2.88. The first-order valence-electron chi connectivity index (χ1n) is 6.31. The predicted molar refractivity (Wildman–Crippen MR) is 80.9 cm³/mol. The third-order valence-corrected chi connectivity index (χ3v) is 4.05. The van der Waals surface area contributed by atoms with E-state index in [1.807, 2.05) is 6.07 Å². The third-order valence-electron chi connectivity index (χ3n) is 2.76. The molecule has 0 radical (unpaired) electrons. The Bertz CT molecular complexity index is 658. The molecule has 0 saturated carbocycles. The average molecular weight is 349 g/mol. The number of aryl methyl sites for hydroxylation is 1. The van der Waals surface area contributed by atoms with Crippen LogP contribution in [0.3, 0.4) is 0 Å². The van der Waals surface area contributed by atoms with Gasteiger partial charge in [0.15, 0.2) is 0 Å². The number of rotatable bonds is 5. The number of amides is 1. The lowest BCUT2D eigenvalue weighted by Crippen LogP contribution is -2.29. The van der Waals surface area contributed by atoms with E-state index in [1.165, 1.54) is 23.5 Å². The Hall–Kier alpha value is -1.73. The van der Waals surface area contributed by atoms with Crippen LogP contribution < -0.4 is 10.9 Å². The molecule has 0 saturated heterocycles. The van der Waals surface area contributed by atoms with E-state index in [-0.39, 0.29) is 18.0 Å². The van der Waals surface area contributed by atoms with Crippen molar-refractivity contribution in [2.24, 2.45) is 0 Å². The molecule has 0 unspecified atom stereocenters. The maximum Gasteiger partial charge on any atom is 0.416 e. The molecule has 0 spiro atoms. The highest BCUT2D eigenvalue weighted by Crippen LogP contribution is 2.30. The van der Waals surface area contributed by atoms with Gasteiger partial charge < -0.3 is 0 Å². The maximum absolute atomic E-state index is 12.6. The summed E-state index contributed by atoms with van der Waals surface area (Å²) >= 11 is 7.17. The van der Waals surface area contributed by atoms with Gasteiger partial charge in [-0.1, -0.05) is 17.7 Å². The number of halogens is 4. The van der Waals surface area contributed by atoms with Crippen LogP contribution in [-0.4, -0.2) is 5.91 Å². The second-order valence-electron chi connectivity index (χ2n) is 4.46. The Balaban J connectivity index is 1.83. The van der Waals surface area contributed by atoms with E-state index in [4.69, 9.17) is 11.6 Å². The maximum atomic E-state index is 12.6. The van der Waals surface area contributed by atoms with Gasteiger partial charge in [0.25, 0.3) is 0 Å². The fourth-order valence-electron chi connectivity index (χ4n) is 1.70. The second-order valence-corrected chi connectivity index (χ2v) is 6.26. The van der Waals surface area contributed by atoms with Gasteiger partial charge in [-0.05, 0) is 36.8 Å². The Morgan fingerprint density at radius 3 is 2.64 bits per heavy atom. The van der Waals surface area contributed by atoms with Gasteiger partial charge in [-0.25, -0.2) is 0 Å². The van der Waals surface area contributed by atoms with Crippen molar-refractivity contribution in [1.29, 1.82) is 0 Å². The molecule has 0 bridgehead atoms. The first-order chi connectivity index (χ1) is 10.3. The normalized spacial score (nSPS) is 11.3. The summed E-state index contributed by atoms with van der Waals surface area (Å²) in [6.45, 7) is 0. The van der Waals surface area contributed by atoms with Crippen LogP contribution in [0.15, 0.2) is 36.4 Å². The smallest absolute Gasteiger partial charge is 0.299 e. The van der Waals surface area contributed by atoms with Gasteiger partial charge in [-0.15, -0.1) is 11.3 Å². The van der Waals surface area contributed by atoms with Crippen molar-refractivity contribution in [3.8, 4) is 0 Å². The molecule has 0 aliphatic heterocycles. The first-order valence-corrected chi connectivity index (χ1v) is 7.50. The van der Waals surface area contributed by atoms with Crippen LogP contribution in [0.4, 0.5) is 18.9 Å². The van der Waals surface area contributed by atoms with Gasteiger partial charge in [0, 0.05) is 11.3 Å². The van der Waals surface area contributed by atoms with E-state index in [2.05, 4.69) is 10.9 Å². The van der Waals surface area contributed by atoms with Gasteiger partial charge >= 0.3 is 6.18 Å². The lowest BCUT2D eigenvalue weighted by Gasteiger charge is -2.11. The van der Waals surface area contributed by atoms with Crippen LogP contribution in [0.5, 0.6) is 0 Å². The van der Waals surface area contributed by atoms with E-state index in [0.29, 0.717) is 10.8 Å². The van der Waals surface area contributed by atoms with Gasteiger partial charge in [0.2, 0.25) is 5.91 Å². The van der Waals surface area contributed by atoms with Crippen LogP contribution >= 0.6 is 22.9 Å². The topological polar surface area (TPSA) is 41.1 Å². The number of thiophene rings is 1. The van der Waals surface area contributed by atoms with Crippen molar-refractivity contribution in [3.63, 3.8) is 0 Å². The summed E-state index contributed by atoms with van der Waals surface area (Å²) in [5, 5.41) is 0.